The van der Waals surface area contributed by atoms with Gasteiger partial charge in [-0.3, -0.25) is 0 Å². The molecule has 0 bridgehead atoms. The molecule has 0 saturated heterocycles. The summed E-state index contributed by atoms with van der Waals surface area (Å²) in [6.07, 6.45) is -0.711. The van der Waals surface area contributed by atoms with Gasteiger partial charge in [0.15, 0.2) is 0 Å². The lowest BCUT2D eigenvalue weighted by molar-refractivity contribution is 0.220. The van der Waals surface area contributed by atoms with E-state index in [1.54, 1.807) is 18.2 Å². The third-order valence-corrected chi connectivity index (χ3v) is 3.56. The van der Waals surface area contributed by atoms with Crippen molar-refractivity contribution in [3.8, 4) is 0 Å². The summed E-state index contributed by atoms with van der Waals surface area (Å²) in [6.45, 7) is 4.28. The van der Waals surface area contributed by atoms with Crippen molar-refractivity contribution >= 4 is 23.2 Å². The van der Waals surface area contributed by atoms with Crippen LogP contribution in [0.2, 0.25) is 10.0 Å². The SMILES string of the molecule is CC(C)c1ccc(C(O)c2cc(Cl)cc(Cl)c2)cc1. The van der Waals surface area contributed by atoms with E-state index in [1.807, 2.05) is 24.3 Å². The molecule has 3 heteroatoms. The van der Waals surface area contributed by atoms with Crippen LogP contribution in [0.25, 0.3) is 0 Å². The smallest absolute Gasteiger partial charge is 0.104 e. The summed E-state index contributed by atoms with van der Waals surface area (Å²) in [4.78, 5) is 0. The first-order chi connectivity index (χ1) is 8.97. The molecule has 0 amide bonds. The van der Waals surface area contributed by atoms with Gasteiger partial charge in [-0.1, -0.05) is 61.3 Å². The van der Waals surface area contributed by atoms with E-state index in [0.29, 0.717) is 21.5 Å². The zero-order valence-electron chi connectivity index (χ0n) is 10.9. The number of benzene rings is 2. The minimum Gasteiger partial charge on any atom is -0.384 e. The van der Waals surface area contributed by atoms with Crippen LogP contribution in [0, 0.1) is 0 Å². The molecule has 0 aliphatic carbocycles. The Morgan fingerprint density at radius 2 is 1.26 bits per heavy atom. The van der Waals surface area contributed by atoms with Crippen LogP contribution < -0.4 is 0 Å². The molecular formula is C16H16Cl2O. The van der Waals surface area contributed by atoms with Gasteiger partial charge >= 0.3 is 0 Å². The largest absolute Gasteiger partial charge is 0.384 e. The molecule has 0 spiro atoms. The van der Waals surface area contributed by atoms with Gasteiger partial charge in [-0.05, 0) is 40.8 Å². The van der Waals surface area contributed by atoms with E-state index in [4.69, 9.17) is 23.2 Å². The summed E-state index contributed by atoms with van der Waals surface area (Å²) in [7, 11) is 0. The lowest BCUT2D eigenvalue weighted by Crippen LogP contribution is -2.00. The highest BCUT2D eigenvalue weighted by Crippen LogP contribution is 2.28. The molecule has 0 heterocycles. The molecule has 0 aliphatic rings. The summed E-state index contributed by atoms with van der Waals surface area (Å²) < 4.78 is 0. The first kappa shape index (κ1) is 14.4. The summed E-state index contributed by atoms with van der Waals surface area (Å²) in [5, 5.41) is 11.4. The van der Waals surface area contributed by atoms with E-state index in [0.717, 1.165) is 5.56 Å². The van der Waals surface area contributed by atoms with Crippen LogP contribution in [0.1, 0.15) is 42.6 Å². The van der Waals surface area contributed by atoms with Gasteiger partial charge in [0.05, 0.1) is 0 Å². The number of halogens is 2. The molecule has 100 valence electrons. The zero-order chi connectivity index (χ0) is 14.0. The fourth-order valence-electron chi connectivity index (χ4n) is 1.99. The number of aliphatic hydroxyl groups excluding tert-OH is 1. The van der Waals surface area contributed by atoms with E-state index in [2.05, 4.69) is 13.8 Å². The van der Waals surface area contributed by atoms with E-state index in [9.17, 15) is 5.11 Å². The maximum absolute atomic E-state index is 10.4. The Hall–Kier alpha value is -1.02. The predicted octanol–water partition coefficient (Wildman–Crippen LogP) is 5.20. The Kier molecular flexibility index (Phi) is 4.51. The fourth-order valence-corrected chi connectivity index (χ4v) is 2.53. The molecule has 0 radical (unpaired) electrons. The van der Waals surface area contributed by atoms with Crippen LogP contribution in [0.5, 0.6) is 0 Å². The van der Waals surface area contributed by atoms with Crippen LogP contribution in [-0.4, -0.2) is 5.11 Å². The maximum Gasteiger partial charge on any atom is 0.104 e. The van der Waals surface area contributed by atoms with Crippen LogP contribution in [-0.2, 0) is 0 Å². The number of hydrogen-bond acceptors (Lipinski definition) is 1. The highest BCUT2D eigenvalue weighted by molar-refractivity contribution is 6.34. The standard InChI is InChI=1S/C16H16Cl2O/c1-10(2)11-3-5-12(6-4-11)16(19)13-7-14(17)9-15(18)8-13/h3-10,16,19H,1-2H3. The molecule has 2 rings (SSSR count). The van der Waals surface area contributed by atoms with Crippen molar-refractivity contribution in [2.45, 2.75) is 25.9 Å². The number of hydrogen-bond donors (Lipinski definition) is 1. The molecule has 0 aromatic heterocycles. The normalized spacial score (nSPS) is 12.7. The van der Waals surface area contributed by atoms with Gasteiger partial charge in [-0.2, -0.15) is 0 Å². The third kappa shape index (κ3) is 3.50. The average Bonchev–Trinajstić information content (AvgIpc) is 2.37. The summed E-state index contributed by atoms with van der Waals surface area (Å²) in [5.74, 6) is 0.479. The van der Waals surface area contributed by atoms with Gasteiger partial charge in [0.1, 0.15) is 6.10 Å². The Balaban J connectivity index is 2.30. The lowest BCUT2D eigenvalue weighted by atomic mass is 9.97. The molecule has 0 aliphatic heterocycles. The second-order valence-electron chi connectivity index (χ2n) is 4.93. The minimum atomic E-state index is -0.711. The lowest BCUT2D eigenvalue weighted by Gasteiger charge is -2.14. The highest BCUT2D eigenvalue weighted by Gasteiger charge is 2.12. The quantitative estimate of drug-likeness (QED) is 0.825. The summed E-state index contributed by atoms with van der Waals surface area (Å²) in [5.41, 5.74) is 2.79. The van der Waals surface area contributed by atoms with Gasteiger partial charge in [-0.25, -0.2) is 0 Å². The Morgan fingerprint density at radius 1 is 0.789 bits per heavy atom. The van der Waals surface area contributed by atoms with E-state index in [-0.39, 0.29) is 0 Å². The fraction of sp³-hybridized carbons (Fsp3) is 0.250. The first-order valence-electron chi connectivity index (χ1n) is 6.21. The third-order valence-electron chi connectivity index (χ3n) is 3.12. The zero-order valence-corrected chi connectivity index (χ0v) is 12.4. The van der Waals surface area contributed by atoms with Gasteiger partial charge in [0.2, 0.25) is 0 Å². The van der Waals surface area contributed by atoms with Crippen LogP contribution in [0.3, 0.4) is 0 Å². The van der Waals surface area contributed by atoms with E-state index < -0.39 is 6.10 Å². The number of rotatable bonds is 3. The highest BCUT2D eigenvalue weighted by atomic mass is 35.5. The van der Waals surface area contributed by atoms with E-state index in [1.165, 1.54) is 5.56 Å². The molecule has 2 aromatic rings. The minimum absolute atomic E-state index is 0.479. The number of aliphatic hydroxyl groups is 1. The predicted molar refractivity (Wildman–Crippen MR) is 81.1 cm³/mol. The second kappa shape index (κ2) is 5.96. The molecule has 2 aromatic carbocycles. The molecule has 0 fully saturated rings. The topological polar surface area (TPSA) is 20.2 Å². The van der Waals surface area contributed by atoms with Crippen molar-refractivity contribution in [2.75, 3.05) is 0 Å². The molecule has 0 saturated carbocycles. The Morgan fingerprint density at radius 3 is 1.74 bits per heavy atom. The maximum atomic E-state index is 10.4. The van der Waals surface area contributed by atoms with Crippen molar-refractivity contribution in [1.82, 2.24) is 0 Å². The Labute approximate surface area is 123 Å². The molecule has 1 atom stereocenters. The van der Waals surface area contributed by atoms with Gasteiger partial charge in [0.25, 0.3) is 0 Å². The Bertz CT molecular complexity index is 541. The summed E-state index contributed by atoms with van der Waals surface area (Å²) >= 11 is 11.9. The molecule has 1 unspecified atom stereocenters. The molecular weight excluding hydrogens is 279 g/mol. The molecule has 1 nitrogen and oxygen atoms in total. The van der Waals surface area contributed by atoms with Crippen LogP contribution >= 0.6 is 23.2 Å². The van der Waals surface area contributed by atoms with E-state index >= 15 is 0 Å². The van der Waals surface area contributed by atoms with Gasteiger partial charge in [0, 0.05) is 10.0 Å². The monoisotopic (exact) mass is 294 g/mol. The van der Waals surface area contributed by atoms with Crippen molar-refractivity contribution in [2.24, 2.45) is 0 Å². The molecule has 1 N–H and O–H groups in total. The molecule has 19 heavy (non-hydrogen) atoms. The van der Waals surface area contributed by atoms with Gasteiger partial charge in [-0.15, -0.1) is 0 Å². The second-order valence-corrected chi connectivity index (χ2v) is 5.80. The van der Waals surface area contributed by atoms with Crippen LogP contribution in [0.4, 0.5) is 0 Å². The average molecular weight is 295 g/mol. The van der Waals surface area contributed by atoms with Crippen molar-refractivity contribution in [3.63, 3.8) is 0 Å². The van der Waals surface area contributed by atoms with Crippen molar-refractivity contribution in [1.29, 1.82) is 0 Å². The van der Waals surface area contributed by atoms with Crippen molar-refractivity contribution in [3.05, 3.63) is 69.2 Å². The van der Waals surface area contributed by atoms with Gasteiger partial charge < -0.3 is 5.11 Å². The first-order valence-corrected chi connectivity index (χ1v) is 6.97. The van der Waals surface area contributed by atoms with Crippen LogP contribution in [0.15, 0.2) is 42.5 Å². The summed E-state index contributed by atoms with van der Waals surface area (Å²) in [6, 6.07) is 13.1. The van der Waals surface area contributed by atoms with Crippen molar-refractivity contribution < 1.29 is 5.11 Å².